The number of nitrogens with one attached hydrogen (secondary N) is 2. The lowest BCUT2D eigenvalue weighted by atomic mass is 10.1. The van der Waals surface area contributed by atoms with Gasteiger partial charge in [0.15, 0.2) is 0 Å². The number of aromatic nitrogens is 1. The number of aliphatic carboxylic acids is 1. The average Bonchev–Trinajstić information content (AvgIpc) is 2.83. The number of aromatic amines is 1. The number of aromatic hydroxyl groups is 1. The monoisotopic (exact) mass is 482 g/mol. The second kappa shape index (κ2) is 11.7. The number of carbonyl (C=O) groups excluding carboxylic acids is 2. The summed E-state index contributed by atoms with van der Waals surface area (Å²) in [6.45, 7) is 0.483. The van der Waals surface area contributed by atoms with Gasteiger partial charge in [0.05, 0.1) is 24.8 Å². The molecule has 1 heterocycles. The molecule has 184 valence electrons. The van der Waals surface area contributed by atoms with Crippen LogP contribution >= 0.6 is 0 Å². The highest BCUT2D eigenvalue weighted by molar-refractivity contribution is 6.09. The number of methoxy groups -OCH3 is 1. The molecule has 0 spiro atoms. The number of amides is 1. The van der Waals surface area contributed by atoms with E-state index in [1.807, 2.05) is 0 Å². The second-order valence-electron chi connectivity index (χ2n) is 7.81. The molecule has 3 rings (SSSR count). The lowest BCUT2D eigenvalue weighted by molar-refractivity contribution is -0.137. The predicted octanol–water partition coefficient (Wildman–Crippen LogP) is 3.69. The molecule has 0 saturated carbocycles. The topological polar surface area (TPSA) is 155 Å². The van der Waals surface area contributed by atoms with Crippen LogP contribution in [-0.2, 0) is 9.53 Å². The van der Waals surface area contributed by atoms with Crippen molar-refractivity contribution in [3.05, 3.63) is 63.9 Å². The van der Waals surface area contributed by atoms with Crippen molar-refractivity contribution >= 4 is 34.4 Å². The molecule has 10 nitrogen and oxygen atoms in total. The minimum Gasteiger partial charge on any atom is -0.506 e. The van der Waals surface area contributed by atoms with Gasteiger partial charge in [0.25, 0.3) is 11.5 Å². The molecule has 0 unspecified atom stereocenters. The molecule has 2 aromatic carbocycles. The largest absolute Gasteiger partial charge is 0.506 e. The van der Waals surface area contributed by atoms with E-state index in [1.165, 1.54) is 25.3 Å². The normalized spacial score (nSPS) is 10.7. The number of rotatable bonds is 11. The van der Waals surface area contributed by atoms with Crippen LogP contribution < -0.4 is 15.6 Å². The first kappa shape index (κ1) is 25.3. The van der Waals surface area contributed by atoms with Gasteiger partial charge in [-0.05, 0) is 55.3 Å². The molecule has 3 aromatic rings. The van der Waals surface area contributed by atoms with E-state index in [-0.39, 0.29) is 22.9 Å². The quantitative estimate of drug-likeness (QED) is 0.238. The molecule has 0 atom stereocenters. The number of benzene rings is 2. The highest BCUT2D eigenvalue weighted by atomic mass is 16.5. The Bertz CT molecular complexity index is 1280. The summed E-state index contributed by atoms with van der Waals surface area (Å²) in [5, 5.41) is 22.0. The Morgan fingerprint density at radius 1 is 1.00 bits per heavy atom. The average molecular weight is 482 g/mol. The summed E-state index contributed by atoms with van der Waals surface area (Å²) in [6, 6.07) is 10.7. The van der Waals surface area contributed by atoms with E-state index in [2.05, 4.69) is 15.0 Å². The number of ether oxygens (including phenoxy) is 2. The number of pyridine rings is 1. The standard InChI is InChI=1S/C25H26N2O8/c1-34-25(33)15-7-12-18-19(14-15)27-24(32)21(22(18)30)23(31)26-16-8-10-17(11-9-16)35-13-5-3-2-4-6-20(28)29/h7-12,14H,2-6,13H2,1H3,(H,26,31)(H,28,29)(H2,27,30,32). The Hall–Kier alpha value is -4.34. The molecule has 0 aliphatic rings. The summed E-state index contributed by atoms with van der Waals surface area (Å²) in [7, 11) is 1.23. The van der Waals surface area contributed by atoms with Crippen molar-refractivity contribution in [3.8, 4) is 11.5 Å². The van der Waals surface area contributed by atoms with Crippen molar-refractivity contribution in [3.63, 3.8) is 0 Å². The van der Waals surface area contributed by atoms with Gasteiger partial charge in [-0.2, -0.15) is 0 Å². The Morgan fingerprint density at radius 2 is 1.71 bits per heavy atom. The highest BCUT2D eigenvalue weighted by Crippen LogP contribution is 2.27. The van der Waals surface area contributed by atoms with Gasteiger partial charge in [0, 0.05) is 17.5 Å². The van der Waals surface area contributed by atoms with Crippen molar-refractivity contribution in [2.45, 2.75) is 32.1 Å². The number of esters is 1. The molecule has 1 aromatic heterocycles. The molecule has 0 saturated heterocycles. The number of hydrogen-bond acceptors (Lipinski definition) is 7. The molecule has 0 fully saturated rings. The number of fused-ring (bicyclic) bond motifs is 1. The van der Waals surface area contributed by atoms with E-state index < -0.39 is 34.7 Å². The number of hydrogen-bond donors (Lipinski definition) is 4. The van der Waals surface area contributed by atoms with Crippen molar-refractivity contribution < 1.29 is 34.1 Å². The van der Waals surface area contributed by atoms with E-state index in [4.69, 9.17) is 9.84 Å². The third-order valence-corrected chi connectivity index (χ3v) is 5.30. The van der Waals surface area contributed by atoms with Gasteiger partial charge in [-0.1, -0.05) is 12.8 Å². The minimum atomic E-state index is -0.808. The SMILES string of the molecule is COC(=O)c1ccc2c(O)c(C(=O)Nc3ccc(OCCCCCCC(=O)O)cc3)c(=O)[nH]c2c1. The molecular formula is C25H26N2O8. The van der Waals surface area contributed by atoms with Gasteiger partial charge in [-0.3, -0.25) is 14.4 Å². The number of unbranched alkanes of at least 4 members (excludes halogenated alkanes) is 3. The summed E-state index contributed by atoms with van der Waals surface area (Å²) in [5.41, 5.74) is -0.483. The lowest BCUT2D eigenvalue weighted by Crippen LogP contribution is -2.23. The van der Waals surface area contributed by atoms with Gasteiger partial charge in [-0.25, -0.2) is 4.79 Å². The number of carbonyl (C=O) groups is 3. The fraction of sp³-hybridized carbons (Fsp3) is 0.280. The summed E-state index contributed by atoms with van der Waals surface area (Å²) in [6.07, 6.45) is 3.31. The van der Waals surface area contributed by atoms with E-state index in [9.17, 15) is 24.3 Å². The van der Waals surface area contributed by atoms with Crippen LogP contribution in [0.5, 0.6) is 11.5 Å². The molecule has 35 heavy (non-hydrogen) atoms. The second-order valence-corrected chi connectivity index (χ2v) is 7.81. The molecule has 0 aliphatic heterocycles. The van der Waals surface area contributed by atoms with Gasteiger partial charge in [-0.15, -0.1) is 0 Å². The molecule has 10 heteroatoms. The van der Waals surface area contributed by atoms with E-state index in [0.717, 1.165) is 19.3 Å². The molecule has 0 aliphatic carbocycles. The van der Waals surface area contributed by atoms with Crippen LogP contribution in [0.1, 0.15) is 52.8 Å². The van der Waals surface area contributed by atoms with Gasteiger partial charge in [0.1, 0.15) is 17.1 Å². The van der Waals surface area contributed by atoms with Crippen LogP contribution in [0, 0.1) is 0 Å². The third kappa shape index (κ3) is 6.59. The van der Waals surface area contributed by atoms with Crippen LogP contribution in [-0.4, -0.2) is 46.8 Å². The fourth-order valence-corrected chi connectivity index (χ4v) is 3.49. The number of carboxylic acids is 1. The highest BCUT2D eigenvalue weighted by Gasteiger charge is 2.20. The van der Waals surface area contributed by atoms with Crippen LogP contribution in [0.2, 0.25) is 0 Å². The van der Waals surface area contributed by atoms with Crippen molar-refractivity contribution in [2.24, 2.45) is 0 Å². The zero-order chi connectivity index (χ0) is 25.4. The lowest BCUT2D eigenvalue weighted by Gasteiger charge is -2.10. The van der Waals surface area contributed by atoms with Crippen LogP contribution in [0.3, 0.4) is 0 Å². The summed E-state index contributed by atoms with van der Waals surface area (Å²) >= 11 is 0. The predicted molar refractivity (Wildman–Crippen MR) is 128 cm³/mol. The zero-order valence-electron chi connectivity index (χ0n) is 19.1. The molecule has 0 bridgehead atoms. The summed E-state index contributed by atoms with van der Waals surface area (Å²) < 4.78 is 10.3. The first-order valence-corrected chi connectivity index (χ1v) is 11.0. The maximum atomic E-state index is 12.7. The summed E-state index contributed by atoms with van der Waals surface area (Å²) in [5.74, 6) is -2.08. The number of anilines is 1. The van der Waals surface area contributed by atoms with Crippen LogP contribution in [0.15, 0.2) is 47.3 Å². The van der Waals surface area contributed by atoms with Crippen molar-refractivity contribution in [1.29, 1.82) is 0 Å². The number of H-pyrrole nitrogens is 1. The van der Waals surface area contributed by atoms with E-state index in [0.29, 0.717) is 24.5 Å². The molecule has 4 N–H and O–H groups in total. The Morgan fingerprint density at radius 3 is 2.40 bits per heavy atom. The zero-order valence-corrected chi connectivity index (χ0v) is 19.1. The Balaban J connectivity index is 1.61. The van der Waals surface area contributed by atoms with Gasteiger partial charge < -0.3 is 30.0 Å². The Kier molecular flexibility index (Phi) is 8.44. The molecule has 1 amide bonds. The number of carboxylic acid groups (broad SMARTS) is 1. The first-order valence-electron chi connectivity index (χ1n) is 11.0. The van der Waals surface area contributed by atoms with E-state index in [1.54, 1.807) is 24.3 Å². The van der Waals surface area contributed by atoms with Crippen LogP contribution in [0.25, 0.3) is 10.9 Å². The minimum absolute atomic E-state index is 0.174. The van der Waals surface area contributed by atoms with Gasteiger partial charge in [0.2, 0.25) is 0 Å². The summed E-state index contributed by atoms with van der Waals surface area (Å²) in [4.78, 5) is 49.9. The third-order valence-electron chi connectivity index (χ3n) is 5.30. The van der Waals surface area contributed by atoms with Crippen molar-refractivity contribution in [2.75, 3.05) is 19.0 Å². The maximum absolute atomic E-state index is 12.7. The first-order chi connectivity index (χ1) is 16.8. The fourth-order valence-electron chi connectivity index (χ4n) is 3.49. The maximum Gasteiger partial charge on any atom is 0.337 e. The smallest absolute Gasteiger partial charge is 0.337 e. The van der Waals surface area contributed by atoms with Gasteiger partial charge >= 0.3 is 11.9 Å². The van der Waals surface area contributed by atoms with E-state index >= 15 is 0 Å². The molecular weight excluding hydrogens is 456 g/mol. The Labute approximate surface area is 200 Å². The van der Waals surface area contributed by atoms with Crippen molar-refractivity contribution in [1.82, 2.24) is 4.98 Å². The molecule has 0 radical (unpaired) electrons. The van der Waals surface area contributed by atoms with Crippen LogP contribution in [0.4, 0.5) is 5.69 Å².